The van der Waals surface area contributed by atoms with E-state index >= 15 is 0 Å². The van der Waals surface area contributed by atoms with Crippen molar-refractivity contribution in [2.75, 3.05) is 4.72 Å². The van der Waals surface area contributed by atoms with Crippen LogP contribution in [0.25, 0.3) is 0 Å². The summed E-state index contributed by atoms with van der Waals surface area (Å²) in [5.74, 6) is -1.21. The fraction of sp³-hybridized carbons (Fsp3) is 0.250. The van der Waals surface area contributed by atoms with E-state index in [1.54, 1.807) is 4.68 Å². The standard InChI is InChI=1S/C12H13FN4O4S/c1-2-5-16-8-9(7-14-16)15-22(20,21)10-3-4-12(17(18)19)11(13)6-10/h3-4,6-8,15H,2,5H2,1H3. The predicted molar refractivity (Wildman–Crippen MR) is 76.4 cm³/mol. The maximum Gasteiger partial charge on any atom is 0.304 e. The van der Waals surface area contributed by atoms with E-state index in [1.807, 2.05) is 6.92 Å². The third-order valence-electron chi connectivity index (χ3n) is 2.76. The van der Waals surface area contributed by atoms with Crippen molar-refractivity contribution in [2.45, 2.75) is 24.8 Å². The molecule has 2 aromatic rings. The summed E-state index contributed by atoms with van der Waals surface area (Å²) in [6.45, 7) is 2.58. The first-order valence-corrected chi connectivity index (χ1v) is 7.81. The number of benzene rings is 1. The fourth-order valence-corrected chi connectivity index (χ4v) is 2.82. The van der Waals surface area contributed by atoms with E-state index in [2.05, 4.69) is 9.82 Å². The van der Waals surface area contributed by atoms with Crippen molar-refractivity contribution < 1.29 is 17.7 Å². The van der Waals surface area contributed by atoms with Crippen molar-refractivity contribution in [1.29, 1.82) is 0 Å². The number of aryl methyl sites for hydroxylation is 1. The van der Waals surface area contributed by atoms with Gasteiger partial charge in [0.15, 0.2) is 0 Å². The highest BCUT2D eigenvalue weighted by molar-refractivity contribution is 7.92. The summed E-state index contributed by atoms with van der Waals surface area (Å²) >= 11 is 0. The molecule has 0 atom stereocenters. The highest BCUT2D eigenvalue weighted by Crippen LogP contribution is 2.22. The summed E-state index contributed by atoms with van der Waals surface area (Å²) in [4.78, 5) is 9.20. The monoisotopic (exact) mass is 328 g/mol. The van der Waals surface area contributed by atoms with E-state index in [9.17, 15) is 22.9 Å². The second-order valence-electron chi connectivity index (χ2n) is 4.47. The molecule has 0 saturated heterocycles. The van der Waals surface area contributed by atoms with Crippen LogP contribution in [0.1, 0.15) is 13.3 Å². The van der Waals surface area contributed by atoms with Crippen molar-refractivity contribution in [2.24, 2.45) is 0 Å². The van der Waals surface area contributed by atoms with E-state index in [1.165, 1.54) is 12.4 Å². The lowest BCUT2D eigenvalue weighted by molar-refractivity contribution is -0.387. The van der Waals surface area contributed by atoms with Crippen molar-refractivity contribution in [3.63, 3.8) is 0 Å². The van der Waals surface area contributed by atoms with E-state index < -0.39 is 31.3 Å². The van der Waals surface area contributed by atoms with E-state index in [0.29, 0.717) is 12.6 Å². The minimum absolute atomic E-state index is 0.229. The van der Waals surface area contributed by atoms with E-state index in [4.69, 9.17) is 0 Å². The number of rotatable bonds is 6. The number of nitrogens with one attached hydrogen (secondary N) is 1. The predicted octanol–water partition coefficient (Wildman–Crippen LogP) is 2.14. The van der Waals surface area contributed by atoms with Gasteiger partial charge in [0.1, 0.15) is 0 Å². The van der Waals surface area contributed by atoms with Gasteiger partial charge in [-0.3, -0.25) is 19.5 Å². The van der Waals surface area contributed by atoms with Crippen LogP contribution >= 0.6 is 0 Å². The van der Waals surface area contributed by atoms with Crippen molar-refractivity contribution in [3.8, 4) is 0 Å². The van der Waals surface area contributed by atoms with Gasteiger partial charge in [-0.25, -0.2) is 8.42 Å². The van der Waals surface area contributed by atoms with Gasteiger partial charge >= 0.3 is 5.69 Å². The Bertz CT molecular complexity index is 803. The molecular formula is C12H13FN4O4S. The van der Waals surface area contributed by atoms with Gasteiger partial charge in [0.05, 0.1) is 21.7 Å². The number of hydrogen-bond donors (Lipinski definition) is 1. The van der Waals surface area contributed by atoms with E-state index in [-0.39, 0.29) is 5.69 Å². The Morgan fingerprint density at radius 2 is 2.18 bits per heavy atom. The van der Waals surface area contributed by atoms with Crippen LogP contribution in [-0.4, -0.2) is 23.1 Å². The van der Waals surface area contributed by atoms with Gasteiger partial charge in [-0.1, -0.05) is 6.92 Å². The molecule has 0 fully saturated rings. The molecule has 1 N–H and O–H groups in total. The number of nitrogens with zero attached hydrogens (tertiary/aromatic N) is 3. The van der Waals surface area contributed by atoms with Crippen molar-refractivity contribution in [3.05, 3.63) is 46.5 Å². The molecule has 0 bridgehead atoms. The minimum Gasteiger partial charge on any atom is -0.276 e. The van der Waals surface area contributed by atoms with Gasteiger partial charge in [-0.05, 0) is 12.5 Å². The van der Waals surface area contributed by atoms with Crippen molar-refractivity contribution in [1.82, 2.24) is 9.78 Å². The molecule has 22 heavy (non-hydrogen) atoms. The van der Waals surface area contributed by atoms with Crippen LogP contribution in [0, 0.1) is 15.9 Å². The van der Waals surface area contributed by atoms with Gasteiger partial charge in [-0.2, -0.15) is 9.49 Å². The zero-order valence-electron chi connectivity index (χ0n) is 11.6. The largest absolute Gasteiger partial charge is 0.304 e. The Labute approximate surface area is 125 Å². The van der Waals surface area contributed by atoms with Crippen LogP contribution in [0.3, 0.4) is 0 Å². The summed E-state index contributed by atoms with van der Waals surface area (Å²) in [7, 11) is -4.05. The average Bonchev–Trinajstić information content (AvgIpc) is 2.85. The SMILES string of the molecule is CCCn1cc(NS(=O)(=O)c2ccc([N+](=O)[O-])c(F)c2)cn1. The molecule has 2 rings (SSSR count). The van der Waals surface area contributed by atoms with Crippen LogP contribution in [0.5, 0.6) is 0 Å². The zero-order chi connectivity index (χ0) is 16.3. The molecular weight excluding hydrogens is 315 g/mol. The van der Waals surface area contributed by atoms with Crippen LogP contribution in [0.2, 0.25) is 0 Å². The third kappa shape index (κ3) is 3.39. The van der Waals surface area contributed by atoms with Gasteiger partial charge in [0, 0.05) is 24.9 Å². The first-order valence-electron chi connectivity index (χ1n) is 6.32. The molecule has 0 unspecified atom stereocenters. The number of hydrogen-bond acceptors (Lipinski definition) is 5. The van der Waals surface area contributed by atoms with Gasteiger partial charge in [-0.15, -0.1) is 0 Å². The Morgan fingerprint density at radius 1 is 1.45 bits per heavy atom. The Hall–Kier alpha value is -2.49. The molecule has 1 aromatic heterocycles. The number of aromatic nitrogens is 2. The lowest BCUT2D eigenvalue weighted by atomic mass is 10.3. The third-order valence-corrected chi connectivity index (χ3v) is 4.14. The molecule has 1 aromatic carbocycles. The highest BCUT2D eigenvalue weighted by Gasteiger charge is 2.21. The summed E-state index contributed by atoms with van der Waals surface area (Å²) < 4.78 is 41.6. The molecule has 0 aliphatic rings. The molecule has 0 amide bonds. The summed E-state index contributed by atoms with van der Waals surface area (Å²) in [5.41, 5.74) is -0.554. The quantitative estimate of drug-likeness (QED) is 0.645. The lowest BCUT2D eigenvalue weighted by Gasteiger charge is -2.06. The Balaban J connectivity index is 2.26. The molecule has 0 saturated carbocycles. The van der Waals surface area contributed by atoms with Gasteiger partial charge < -0.3 is 0 Å². The maximum atomic E-state index is 13.5. The molecule has 0 radical (unpaired) electrons. The topological polar surface area (TPSA) is 107 Å². The first-order chi connectivity index (χ1) is 10.3. The average molecular weight is 328 g/mol. The maximum absolute atomic E-state index is 13.5. The number of nitro benzene ring substituents is 1. The number of sulfonamides is 1. The van der Waals surface area contributed by atoms with Crippen LogP contribution < -0.4 is 4.72 Å². The second-order valence-corrected chi connectivity index (χ2v) is 6.15. The summed E-state index contributed by atoms with van der Waals surface area (Å²) in [5, 5.41) is 14.5. The summed E-state index contributed by atoms with van der Waals surface area (Å²) in [6.07, 6.45) is 3.67. The molecule has 10 heteroatoms. The Morgan fingerprint density at radius 3 is 2.77 bits per heavy atom. The Kier molecular flexibility index (Phi) is 4.40. The minimum atomic E-state index is -4.05. The highest BCUT2D eigenvalue weighted by atomic mass is 32.2. The lowest BCUT2D eigenvalue weighted by Crippen LogP contribution is -2.13. The first kappa shape index (κ1) is 15.9. The van der Waals surface area contributed by atoms with Crippen LogP contribution in [-0.2, 0) is 16.6 Å². The summed E-state index contributed by atoms with van der Waals surface area (Å²) in [6, 6.07) is 2.39. The molecule has 0 aliphatic heterocycles. The molecule has 0 aliphatic carbocycles. The zero-order valence-corrected chi connectivity index (χ0v) is 12.4. The number of nitro groups is 1. The van der Waals surface area contributed by atoms with Gasteiger partial charge in [0.2, 0.25) is 5.82 Å². The van der Waals surface area contributed by atoms with Gasteiger partial charge in [0.25, 0.3) is 10.0 Å². The van der Waals surface area contributed by atoms with Crippen LogP contribution in [0.4, 0.5) is 15.8 Å². The molecule has 0 spiro atoms. The second kappa shape index (κ2) is 6.10. The molecule has 118 valence electrons. The van der Waals surface area contributed by atoms with E-state index in [0.717, 1.165) is 18.6 Å². The van der Waals surface area contributed by atoms with Crippen LogP contribution in [0.15, 0.2) is 35.5 Å². The smallest absolute Gasteiger partial charge is 0.276 e. The molecule has 1 heterocycles. The number of halogens is 1. The fourth-order valence-electron chi connectivity index (χ4n) is 1.78. The molecule has 8 nitrogen and oxygen atoms in total. The normalized spacial score (nSPS) is 11.4. The number of anilines is 1. The van der Waals surface area contributed by atoms with Crippen molar-refractivity contribution >= 4 is 21.4 Å².